The highest BCUT2D eigenvalue weighted by molar-refractivity contribution is 9.12. The van der Waals surface area contributed by atoms with Gasteiger partial charge < -0.3 is 0 Å². The average Bonchev–Trinajstić information content (AvgIpc) is 2.57. The van der Waals surface area contributed by atoms with Crippen LogP contribution < -0.4 is 0 Å². The monoisotopic (exact) mass is 508 g/mol. The van der Waals surface area contributed by atoms with Crippen LogP contribution >= 0.6 is 75.5 Å². The summed E-state index contributed by atoms with van der Waals surface area (Å²) in [5.74, 6) is 2.74. The highest BCUT2D eigenvalue weighted by Crippen LogP contribution is 2.68. The molecule has 0 bridgehead atoms. The van der Waals surface area contributed by atoms with Gasteiger partial charge in [-0.1, -0.05) is 63.7 Å². The summed E-state index contributed by atoms with van der Waals surface area (Å²) in [7, 11) is 0. The lowest BCUT2D eigenvalue weighted by molar-refractivity contribution is 0.00618. The minimum absolute atomic E-state index is 0.578. The number of alkyl halides is 4. The third-order valence-electron chi connectivity index (χ3n) is 5.01. The first-order valence-electron chi connectivity index (χ1n) is 6.12. The lowest BCUT2D eigenvalue weighted by atomic mass is 9.52. The third kappa shape index (κ3) is 2.16. The summed E-state index contributed by atoms with van der Waals surface area (Å²) in [6, 6.07) is 0. The number of thioether (sulfide) groups is 1. The Morgan fingerprint density at radius 2 is 0.941 bits per heavy atom. The third-order valence-corrected chi connectivity index (χ3v) is 11.8. The Labute approximate surface area is 141 Å². The van der Waals surface area contributed by atoms with Gasteiger partial charge in [-0.2, -0.15) is 11.8 Å². The molecule has 1 aliphatic heterocycles. The predicted molar refractivity (Wildman–Crippen MR) is 91.5 cm³/mol. The standard InChI is InChI=1S/C12H16Br4S/c13-7-1-11-2-9(15)10(16)4-12(11,3-8(7)14)6-17-5-11/h7-10H,1-6H2/t7-,8+,9+,10-,11?,12?. The maximum Gasteiger partial charge on any atom is 0.0277 e. The van der Waals surface area contributed by atoms with Crippen molar-refractivity contribution in [1.82, 2.24) is 0 Å². The van der Waals surface area contributed by atoms with Crippen molar-refractivity contribution in [2.45, 2.75) is 45.0 Å². The first-order valence-corrected chi connectivity index (χ1v) is 10.9. The summed E-state index contributed by atoms with van der Waals surface area (Å²) in [6.07, 6.45) is 5.38. The van der Waals surface area contributed by atoms with Crippen LogP contribution in [0.15, 0.2) is 0 Å². The van der Waals surface area contributed by atoms with E-state index in [0.717, 1.165) is 0 Å². The van der Waals surface area contributed by atoms with E-state index in [4.69, 9.17) is 0 Å². The van der Waals surface area contributed by atoms with Crippen molar-refractivity contribution in [2.24, 2.45) is 10.8 Å². The van der Waals surface area contributed by atoms with Crippen molar-refractivity contribution >= 4 is 75.5 Å². The van der Waals surface area contributed by atoms with Gasteiger partial charge >= 0.3 is 0 Å². The van der Waals surface area contributed by atoms with Gasteiger partial charge in [0.1, 0.15) is 0 Å². The Morgan fingerprint density at radius 1 is 0.647 bits per heavy atom. The summed E-state index contributed by atoms with van der Waals surface area (Å²) in [5.41, 5.74) is 1.16. The lowest BCUT2D eigenvalue weighted by Crippen LogP contribution is -2.56. The molecule has 0 aromatic heterocycles. The topological polar surface area (TPSA) is 0 Å². The molecule has 17 heavy (non-hydrogen) atoms. The van der Waals surface area contributed by atoms with E-state index < -0.39 is 0 Å². The average molecular weight is 512 g/mol. The van der Waals surface area contributed by atoms with Crippen LogP contribution in [0.4, 0.5) is 0 Å². The van der Waals surface area contributed by atoms with E-state index >= 15 is 0 Å². The maximum absolute atomic E-state index is 3.90. The summed E-state index contributed by atoms with van der Waals surface area (Å²) in [4.78, 5) is 2.61. The minimum Gasteiger partial charge on any atom is -0.161 e. The van der Waals surface area contributed by atoms with E-state index in [-0.39, 0.29) is 0 Å². The first-order chi connectivity index (χ1) is 7.98. The highest BCUT2D eigenvalue weighted by atomic mass is 79.9. The fourth-order valence-electron chi connectivity index (χ4n) is 4.02. The second kappa shape index (κ2) is 4.92. The van der Waals surface area contributed by atoms with Crippen molar-refractivity contribution < 1.29 is 0 Å². The van der Waals surface area contributed by atoms with Gasteiger partial charge in [0, 0.05) is 19.3 Å². The Hall–Kier alpha value is 2.27. The van der Waals surface area contributed by atoms with Crippen LogP contribution in [0.2, 0.25) is 0 Å². The molecule has 0 N–H and O–H groups in total. The largest absolute Gasteiger partial charge is 0.161 e. The van der Waals surface area contributed by atoms with Crippen LogP contribution in [0.25, 0.3) is 0 Å². The molecule has 2 saturated carbocycles. The number of hydrogen-bond donors (Lipinski definition) is 0. The summed E-state index contributed by atoms with van der Waals surface area (Å²) >= 11 is 17.8. The van der Waals surface area contributed by atoms with Crippen LogP contribution in [0.1, 0.15) is 25.7 Å². The molecule has 1 heterocycles. The SMILES string of the molecule is Br[C@@H]1CC23CSCC2(C[C@@H](Br)[C@@H](Br)C3)C[C@@H]1Br. The van der Waals surface area contributed by atoms with E-state index in [2.05, 4.69) is 75.5 Å². The van der Waals surface area contributed by atoms with Crippen LogP contribution in [0, 0.1) is 10.8 Å². The second-order valence-electron chi connectivity index (χ2n) is 5.93. The summed E-state index contributed by atoms with van der Waals surface area (Å²) < 4.78 is 0. The van der Waals surface area contributed by atoms with Crippen molar-refractivity contribution in [3.8, 4) is 0 Å². The van der Waals surface area contributed by atoms with Crippen molar-refractivity contribution in [3.63, 3.8) is 0 Å². The molecule has 3 fully saturated rings. The Morgan fingerprint density at radius 3 is 1.24 bits per heavy atom. The molecule has 2 aliphatic carbocycles. The number of hydrogen-bond acceptors (Lipinski definition) is 1. The summed E-state index contributed by atoms with van der Waals surface area (Å²) in [5, 5.41) is 0. The quantitative estimate of drug-likeness (QED) is 0.395. The molecular formula is C12H16Br4S. The smallest absolute Gasteiger partial charge is 0.0277 e. The first kappa shape index (κ1) is 14.2. The van der Waals surface area contributed by atoms with Crippen LogP contribution in [-0.4, -0.2) is 30.8 Å². The van der Waals surface area contributed by atoms with Gasteiger partial charge in [0.15, 0.2) is 0 Å². The van der Waals surface area contributed by atoms with Crippen molar-refractivity contribution in [3.05, 3.63) is 0 Å². The Kier molecular flexibility index (Phi) is 4.12. The molecule has 0 nitrogen and oxygen atoms in total. The molecule has 3 rings (SSSR count). The molecule has 0 amide bonds. The van der Waals surface area contributed by atoms with Crippen LogP contribution in [0.3, 0.4) is 0 Å². The molecule has 0 radical (unpaired) electrons. The molecular weight excluding hydrogens is 496 g/mol. The molecule has 1 saturated heterocycles. The molecule has 98 valence electrons. The van der Waals surface area contributed by atoms with Crippen LogP contribution in [-0.2, 0) is 0 Å². The van der Waals surface area contributed by atoms with Gasteiger partial charge in [0.05, 0.1) is 0 Å². The van der Waals surface area contributed by atoms with E-state index in [1.165, 1.54) is 37.2 Å². The number of halogens is 4. The Bertz CT molecular complexity index is 272. The zero-order chi connectivity index (χ0) is 12.3. The van der Waals surface area contributed by atoms with Gasteiger partial charge in [-0.25, -0.2) is 0 Å². The molecule has 3 aliphatic rings. The maximum atomic E-state index is 3.90. The van der Waals surface area contributed by atoms with Gasteiger partial charge in [-0.3, -0.25) is 0 Å². The minimum atomic E-state index is 0.578. The van der Waals surface area contributed by atoms with Crippen molar-refractivity contribution in [1.29, 1.82) is 0 Å². The molecule has 0 spiro atoms. The van der Waals surface area contributed by atoms with Crippen LogP contribution in [0.5, 0.6) is 0 Å². The van der Waals surface area contributed by atoms with Gasteiger partial charge in [0.2, 0.25) is 0 Å². The normalized spacial score (nSPS) is 58.6. The predicted octanol–water partition coefficient (Wildman–Crippen LogP) is 5.35. The molecule has 5 heteroatoms. The number of rotatable bonds is 0. The highest BCUT2D eigenvalue weighted by Gasteiger charge is 2.62. The molecule has 6 atom stereocenters. The second-order valence-corrected chi connectivity index (χ2v) is 11.6. The summed E-state index contributed by atoms with van der Waals surface area (Å²) in [6.45, 7) is 0. The molecule has 0 aromatic rings. The van der Waals surface area contributed by atoms with Gasteiger partial charge in [-0.05, 0) is 48.0 Å². The zero-order valence-corrected chi connectivity index (χ0v) is 16.6. The molecule has 0 aromatic carbocycles. The Balaban J connectivity index is 1.96. The lowest BCUT2D eigenvalue weighted by Gasteiger charge is -2.57. The van der Waals surface area contributed by atoms with E-state index in [1.807, 2.05) is 0 Å². The van der Waals surface area contributed by atoms with Crippen molar-refractivity contribution in [2.75, 3.05) is 11.5 Å². The van der Waals surface area contributed by atoms with E-state index in [9.17, 15) is 0 Å². The van der Waals surface area contributed by atoms with Gasteiger partial charge in [0.25, 0.3) is 0 Å². The fourth-order valence-corrected chi connectivity index (χ4v) is 9.21. The zero-order valence-electron chi connectivity index (χ0n) is 9.47. The van der Waals surface area contributed by atoms with Gasteiger partial charge in [-0.15, -0.1) is 0 Å². The van der Waals surface area contributed by atoms with E-state index in [1.54, 1.807) is 0 Å². The fraction of sp³-hybridized carbons (Fsp3) is 1.00. The molecule has 2 unspecified atom stereocenters. The van der Waals surface area contributed by atoms with E-state index in [0.29, 0.717) is 30.1 Å².